The number of hydrogen-bond donors (Lipinski definition) is 1. The van der Waals surface area contributed by atoms with Crippen molar-refractivity contribution in [3.05, 3.63) is 12.8 Å². The van der Waals surface area contributed by atoms with Crippen molar-refractivity contribution in [1.29, 1.82) is 0 Å². The number of rotatable bonds is 9. The first kappa shape index (κ1) is 13.7. The maximum Gasteiger partial charge on any atom is 0.376 e. The summed E-state index contributed by atoms with van der Waals surface area (Å²) in [6.07, 6.45) is 7.87. The Bertz CT molecular complexity index is 192. The van der Waals surface area contributed by atoms with Gasteiger partial charge in [-0.05, 0) is 6.42 Å². The van der Waals surface area contributed by atoms with Crippen molar-refractivity contribution in [2.45, 2.75) is 45.4 Å². The molecule has 0 fully saturated rings. The van der Waals surface area contributed by atoms with Crippen LogP contribution in [0.5, 0.6) is 0 Å². The quantitative estimate of drug-likeness (QED) is 0.366. The van der Waals surface area contributed by atoms with Crippen LogP contribution in [0.3, 0.4) is 0 Å². The van der Waals surface area contributed by atoms with E-state index < -0.39 is 7.60 Å². The molecule has 1 N–H and O–H groups in total. The maximum absolute atomic E-state index is 11.2. The van der Waals surface area contributed by atoms with E-state index in [1.165, 1.54) is 19.3 Å². The lowest BCUT2D eigenvalue weighted by molar-refractivity contribution is 0.346. The highest BCUT2D eigenvalue weighted by molar-refractivity contribution is 7.52. The summed E-state index contributed by atoms with van der Waals surface area (Å²) in [5.74, 6) is 0. The number of unbranched alkanes of at least 4 members (excludes halogenated alkanes) is 5. The molecule has 3 nitrogen and oxygen atoms in total. The van der Waals surface area contributed by atoms with Gasteiger partial charge in [-0.3, -0.25) is 0 Å². The van der Waals surface area contributed by atoms with Crippen LogP contribution in [0.4, 0.5) is 0 Å². The zero-order chi connectivity index (χ0) is 10.9. The summed E-state index contributed by atoms with van der Waals surface area (Å²) in [5.41, 5.74) is 0. The van der Waals surface area contributed by atoms with Crippen molar-refractivity contribution >= 4 is 7.60 Å². The summed E-state index contributed by atoms with van der Waals surface area (Å²) in [5, 5.41) is 0. The highest BCUT2D eigenvalue weighted by atomic mass is 31.2. The molecule has 0 amide bonds. The Kier molecular flexibility index (Phi) is 7.92. The van der Waals surface area contributed by atoms with Crippen molar-refractivity contribution in [3.63, 3.8) is 0 Å². The van der Waals surface area contributed by atoms with Gasteiger partial charge in [-0.2, -0.15) is 0 Å². The second kappa shape index (κ2) is 8.07. The molecular formula is C10H21O3P. The van der Waals surface area contributed by atoms with E-state index in [1.807, 2.05) is 0 Å². The van der Waals surface area contributed by atoms with Crippen molar-refractivity contribution in [3.8, 4) is 0 Å². The van der Waals surface area contributed by atoms with Gasteiger partial charge in [-0.1, -0.05) is 45.6 Å². The third kappa shape index (κ3) is 8.33. The van der Waals surface area contributed by atoms with Gasteiger partial charge in [0.25, 0.3) is 0 Å². The van der Waals surface area contributed by atoms with Crippen LogP contribution in [0.15, 0.2) is 12.8 Å². The molecule has 0 heterocycles. The fourth-order valence-electron chi connectivity index (χ4n) is 1.26. The molecule has 0 saturated heterocycles. The minimum atomic E-state index is -3.37. The van der Waals surface area contributed by atoms with Crippen molar-refractivity contribution in [2.24, 2.45) is 0 Å². The smallest absolute Gasteiger partial charge is 0.376 e. The van der Waals surface area contributed by atoms with Gasteiger partial charge in [-0.25, -0.2) is 4.57 Å². The summed E-state index contributed by atoms with van der Waals surface area (Å²) in [4.78, 5) is 9.18. The zero-order valence-electron chi connectivity index (χ0n) is 8.95. The van der Waals surface area contributed by atoms with Gasteiger partial charge in [0.05, 0.1) is 12.4 Å². The minimum absolute atomic E-state index is 0.241. The molecule has 0 rings (SSSR count). The normalized spacial score (nSPS) is 14.7. The van der Waals surface area contributed by atoms with Crippen LogP contribution in [-0.2, 0) is 9.09 Å². The van der Waals surface area contributed by atoms with Gasteiger partial charge in [0, 0.05) is 0 Å². The van der Waals surface area contributed by atoms with E-state index >= 15 is 0 Å². The summed E-state index contributed by atoms with van der Waals surface area (Å²) in [7, 11) is -3.37. The monoisotopic (exact) mass is 220 g/mol. The third-order valence-corrected chi connectivity index (χ3v) is 3.39. The van der Waals surface area contributed by atoms with Gasteiger partial charge in [0.1, 0.15) is 0 Å². The molecule has 0 aromatic carbocycles. The van der Waals surface area contributed by atoms with E-state index in [9.17, 15) is 9.46 Å². The van der Waals surface area contributed by atoms with Gasteiger partial charge < -0.3 is 9.42 Å². The lowest BCUT2D eigenvalue weighted by atomic mass is 10.1. The van der Waals surface area contributed by atoms with Crippen molar-refractivity contribution in [2.75, 3.05) is 6.16 Å². The van der Waals surface area contributed by atoms with E-state index in [1.54, 1.807) is 0 Å². The van der Waals surface area contributed by atoms with E-state index in [0.29, 0.717) is 0 Å². The highest BCUT2D eigenvalue weighted by Gasteiger charge is 2.16. The first-order chi connectivity index (χ1) is 6.62. The van der Waals surface area contributed by atoms with Gasteiger partial charge >= 0.3 is 7.60 Å². The third-order valence-electron chi connectivity index (χ3n) is 2.03. The standard InChI is InChI=1S/C10H21O3P/c1-3-5-6-7-8-9-10-14(11,12)13-4-2/h4H,2-3,5-10H2,1H3,(H,11,12). The SMILES string of the molecule is C=COP(=O)(O)CCCCCCCC. The zero-order valence-corrected chi connectivity index (χ0v) is 9.84. The largest absolute Gasteiger partial charge is 0.433 e. The molecule has 14 heavy (non-hydrogen) atoms. The average Bonchev–Trinajstić information content (AvgIpc) is 2.11. The van der Waals surface area contributed by atoms with E-state index in [4.69, 9.17) is 0 Å². The Morgan fingerprint density at radius 3 is 2.43 bits per heavy atom. The summed E-state index contributed by atoms with van der Waals surface area (Å²) in [6, 6.07) is 0. The molecule has 1 unspecified atom stereocenters. The Hall–Kier alpha value is -0.270. The molecule has 0 aliphatic heterocycles. The Balaban J connectivity index is 3.35. The lowest BCUT2D eigenvalue weighted by Crippen LogP contribution is -1.90. The fourth-order valence-corrected chi connectivity index (χ4v) is 2.22. The molecule has 84 valence electrons. The van der Waals surface area contributed by atoms with E-state index in [2.05, 4.69) is 18.0 Å². The topological polar surface area (TPSA) is 46.5 Å². The van der Waals surface area contributed by atoms with Gasteiger partial charge in [0.15, 0.2) is 0 Å². The second-order valence-corrected chi connectivity index (χ2v) is 5.33. The van der Waals surface area contributed by atoms with Gasteiger partial charge in [-0.15, -0.1) is 0 Å². The molecule has 0 aliphatic carbocycles. The van der Waals surface area contributed by atoms with Crippen LogP contribution in [0.1, 0.15) is 45.4 Å². The Morgan fingerprint density at radius 2 is 1.86 bits per heavy atom. The summed E-state index contributed by atoms with van der Waals surface area (Å²) in [6.45, 7) is 5.43. The fraction of sp³-hybridized carbons (Fsp3) is 0.800. The summed E-state index contributed by atoms with van der Waals surface area (Å²) >= 11 is 0. The van der Waals surface area contributed by atoms with Gasteiger partial charge in [0.2, 0.25) is 0 Å². The average molecular weight is 220 g/mol. The first-order valence-electron chi connectivity index (χ1n) is 5.23. The Labute approximate surface area is 86.7 Å². The van der Waals surface area contributed by atoms with Crippen LogP contribution in [0.25, 0.3) is 0 Å². The molecule has 0 spiro atoms. The van der Waals surface area contributed by atoms with E-state index in [0.717, 1.165) is 25.5 Å². The number of hydrogen-bond acceptors (Lipinski definition) is 2. The van der Waals surface area contributed by atoms with Crippen molar-refractivity contribution < 1.29 is 14.0 Å². The second-order valence-electron chi connectivity index (χ2n) is 3.40. The predicted octanol–water partition coefficient (Wildman–Crippen LogP) is 3.69. The minimum Gasteiger partial charge on any atom is -0.433 e. The Morgan fingerprint density at radius 1 is 1.29 bits per heavy atom. The van der Waals surface area contributed by atoms with Crippen LogP contribution in [-0.4, -0.2) is 11.1 Å². The first-order valence-corrected chi connectivity index (χ1v) is 7.00. The predicted molar refractivity (Wildman–Crippen MR) is 59.4 cm³/mol. The molecule has 0 radical (unpaired) electrons. The van der Waals surface area contributed by atoms with Crippen LogP contribution >= 0.6 is 7.60 Å². The molecule has 1 atom stereocenters. The lowest BCUT2D eigenvalue weighted by Gasteiger charge is -2.09. The molecule has 0 bridgehead atoms. The van der Waals surface area contributed by atoms with Crippen molar-refractivity contribution in [1.82, 2.24) is 0 Å². The molecule has 0 aromatic heterocycles. The molecule has 0 aromatic rings. The molecule has 0 aliphatic rings. The molecule has 0 saturated carbocycles. The maximum atomic E-state index is 11.2. The van der Waals surface area contributed by atoms with Crippen LogP contribution in [0.2, 0.25) is 0 Å². The summed E-state index contributed by atoms with van der Waals surface area (Å²) < 4.78 is 15.7. The molecule has 4 heteroatoms. The van der Waals surface area contributed by atoms with Crippen LogP contribution < -0.4 is 0 Å². The van der Waals surface area contributed by atoms with Crippen LogP contribution in [0, 0.1) is 0 Å². The molecular weight excluding hydrogens is 199 g/mol. The van der Waals surface area contributed by atoms with E-state index in [-0.39, 0.29) is 6.16 Å². The highest BCUT2D eigenvalue weighted by Crippen LogP contribution is 2.42.